The minimum Gasteiger partial charge on any atom is -0.356 e. The van der Waals surface area contributed by atoms with E-state index in [1.807, 2.05) is 30.0 Å². The molecule has 2 aliphatic rings. The average Bonchev–Trinajstić information content (AvgIpc) is 3.39. The minimum atomic E-state index is -0.266. The van der Waals surface area contributed by atoms with Crippen LogP contribution in [0, 0.1) is 17.7 Å². The topological polar surface area (TPSA) is 49.4 Å². The van der Waals surface area contributed by atoms with Gasteiger partial charge in [0.15, 0.2) is 0 Å². The molecule has 1 aliphatic carbocycles. The Balaban J connectivity index is 1.32. The van der Waals surface area contributed by atoms with Crippen molar-refractivity contribution in [3.63, 3.8) is 0 Å². The fourth-order valence-corrected chi connectivity index (χ4v) is 3.99. The molecule has 140 valence electrons. The predicted molar refractivity (Wildman–Crippen MR) is 102 cm³/mol. The molecule has 1 heterocycles. The number of carbonyl (C=O) groups is 2. The first kappa shape index (κ1) is 17.7. The Morgan fingerprint density at radius 2 is 1.85 bits per heavy atom. The molecule has 1 aliphatic heterocycles. The number of nitrogens with one attached hydrogen (secondary N) is 1. The summed E-state index contributed by atoms with van der Waals surface area (Å²) in [5, 5.41) is 2.85. The molecule has 27 heavy (non-hydrogen) atoms. The van der Waals surface area contributed by atoms with Gasteiger partial charge in [-0.3, -0.25) is 9.59 Å². The molecule has 1 N–H and O–H groups in total. The van der Waals surface area contributed by atoms with Crippen LogP contribution in [-0.2, 0) is 22.4 Å². The Morgan fingerprint density at radius 1 is 1.11 bits per heavy atom. The highest BCUT2D eigenvalue weighted by Crippen LogP contribution is 2.43. The SMILES string of the molecule is CC1Cc2ccccc2N1C(=O)C1CC1C(=O)NCCc1ccccc1F. The molecule has 0 saturated heterocycles. The highest BCUT2D eigenvalue weighted by molar-refractivity contribution is 6.02. The third-order valence-corrected chi connectivity index (χ3v) is 5.54. The van der Waals surface area contributed by atoms with E-state index in [1.54, 1.807) is 18.2 Å². The highest BCUT2D eigenvalue weighted by atomic mass is 19.1. The summed E-state index contributed by atoms with van der Waals surface area (Å²) in [6, 6.07) is 14.7. The summed E-state index contributed by atoms with van der Waals surface area (Å²) < 4.78 is 13.6. The summed E-state index contributed by atoms with van der Waals surface area (Å²) in [4.78, 5) is 27.1. The van der Waals surface area contributed by atoms with E-state index in [0.29, 0.717) is 24.9 Å². The van der Waals surface area contributed by atoms with Crippen LogP contribution >= 0.6 is 0 Å². The van der Waals surface area contributed by atoms with Gasteiger partial charge in [0.05, 0.1) is 11.8 Å². The first-order valence-corrected chi connectivity index (χ1v) is 9.48. The lowest BCUT2D eigenvalue weighted by Crippen LogP contribution is -2.38. The number of halogens is 1. The van der Waals surface area contributed by atoms with Crippen LogP contribution in [0.2, 0.25) is 0 Å². The Labute approximate surface area is 158 Å². The van der Waals surface area contributed by atoms with E-state index in [1.165, 1.54) is 11.6 Å². The summed E-state index contributed by atoms with van der Waals surface area (Å²) in [5.41, 5.74) is 2.74. The van der Waals surface area contributed by atoms with Gasteiger partial charge >= 0.3 is 0 Å². The number of carbonyl (C=O) groups excluding carboxylic acids is 2. The molecule has 1 fully saturated rings. The molecule has 3 unspecified atom stereocenters. The second-order valence-corrected chi connectivity index (χ2v) is 7.47. The molecule has 5 heteroatoms. The number of amides is 2. The van der Waals surface area contributed by atoms with Gasteiger partial charge in [0.1, 0.15) is 5.82 Å². The number of hydrogen-bond acceptors (Lipinski definition) is 2. The number of hydrogen-bond donors (Lipinski definition) is 1. The molecule has 0 aromatic heterocycles. The number of rotatable bonds is 5. The van der Waals surface area contributed by atoms with E-state index in [0.717, 1.165) is 12.1 Å². The lowest BCUT2D eigenvalue weighted by molar-refractivity contribution is -0.126. The van der Waals surface area contributed by atoms with Crippen molar-refractivity contribution in [2.45, 2.75) is 32.2 Å². The van der Waals surface area contributed by atoms with Crippen LogP contribution in [0.1, 0.15) is 24.5 Å². The van der Waals surface area contributed by atoms with Crippen molar-refractivity contribution >= 4 is 17.5 Å². The van der Waals surface area contributed by atoms with Gasteiger partial charge in [-0.1, -0.05) is 36.4 Å². The van der Waals surface area contributed by atoms with Crippen LogP contribution in [-0.4, -0.2) is 24.4 Å². The van der Waals surface area contributed by atoms with Crippen LogP contribution in [0.4, 0.5) is 10.1 Å². The van der Waals surface area contributed by atoms with Gasteiger partial charge in [0, 0.05) is 18.3 Å². The van der Waals surface area contributed by atoms with Crippen molar-refractivity contribution in [1.82, 2.24) is 5.32 Å². The Morgan fingerprint density at radius 3 is 2.67 bits per heavy atom. The molecule has 3 atom stereocenters. The molecule has 2 aromatic rings. The fourth-order valence-electron chi connectivity index (χ4n) is 3.99. The highest BCUT2D eigenvalue weighted by Gasteiger charge is 2.51. The van der Waals surface area contributed by atoms with E-state index in [2.05, 4.69) is 11.4 Å². The number of para-hydroxylation sites is 1. The van der Waals surface area contributed by atoms with Gasteiger partial charge in [-0.15, -0.1) is 0 Å². The summed E-state index contributed by atoms with van der Waals surface area (Å²) >= 11 is 0. The second-order valence-electron chi connectivity index (χ2n) is 7.47. The summed E-state index contributed by atoms with van der Waals surface area (Å²) in [7, 11) is 0. The molecule has 4 nitrogen and oxygen atoms in total. The molecule has 0 radical (unpaired) electrons. The van der Waals surface area contributed by atoms with Gasteiger partial charge in [0.25, 0.3) is 0 Å². The van der Waals surface area contributed by atoms with E-state index >= 15 is 0 Å². The van der Waals surface area contributed by atoms with Gasteiger partial charge in [-0.05, 0) is 49.4 Å². The van der Waals surface area contributed by atoms with Crippen molar-refractivity contribution in [1.29, 1.82) is 0 Å². The molecule has 0 bridgehead atoms. The van der Waals surface area contributed by atoms with Crippen molar-refractivity contribution in [3.8, 4) is 0 Å². The molecular formula is C22H23FN2O2. The summed E-state index contributed by atoms with van der Waals surface area (Å²) in [6.45, 7) is 2.42. The fraction of sp³-hybridized carbons (Fsp3) is 0.364. The zero-order valence-electron chi connectivity index (χ0n) is 15.3. The maximum absolute atomic E-state index is 13.6. The van der Waals surface area contributed by atoms with Gasteiger partial charge in [-0.2, -0.15) is 0 Å². The number of nitrogens with zero attached hydrogens (tertiary/aromatic N) is 1. The van der Waals surface area contributed by atoms with Crippen LogP contribution in [0.25, 0.3) is 0 Å². The van der Waals surface area contributed by atoms with Crippen LogP contribution in [0.3, 0.4) is 0 Å². The third kappa shape index (κ3) is 3.46. The Bertz CT molecular complexity index is 882. The van der Waals surface area contributed by atoms with Gasteiger partial charge < -0.3 is 10.2 Å². The monoisotopic (exact) mass is 366 g/mol. The Kier molecular flexibility index (Phi) is 4.68. The molecule has 0 spiro atoms. The van der Waals surface area contributed by atoms with Crippen LogP contribution in [0.15, 0.2) is 48.5 Å². The molecule has 2 amide bonds. The van der Waals surface area contributed by atoms with Crippen molar-refractivity contribution < 1.29 is 14.0 Å². The largest absolute Gasteiger partial charge is 0.356 e. The standard InChI is InChI=1S/C22H23FN2O2/c1-14-12-16-7-3-5-9-20(16)25(14)22(27)18-13-17(18)21(26)24-11-10-15-6-2-4-8-19(15)23/h2-9,14,17-18H,10-13H2,1H3,(H,24,26). The zero-order valence-corrected chi connectivity index (χ0v) is 15.3. The van der Waals surface area contributed by atoms with Crippen molar-refractivity contribution in [2.75, 3.05) is 11.4 Å². The van der Waals surface area contributed by atoms with E-state index < -0.39 is 0 Å². The molecule has 1 saturated carbocycles. The summed E-state index contributed by atoms with van der Waals surface area (Å²) in [5.74, 6) is -0.829. The van der Waals surface area contributed by atoms with Crippen LogP contribution in [0.5, 0.6) is 0 Å². The normalized spacial score (nSPS) is 23.0. The first-order valence-electron chi connectivity index (χ1n) is 9.48. The average molecular weight is 366 g/mol. The zero-order chi connectivity index (χ0) is 19.0. The quantitative estimate of drug-likeness (QED) is 0.884. The summed E-state index contributed by atoms with van der Waals surface area (Å²) in [6.07, 6.45) is 1.89. The predicted octanol–water partition coefficient (Wildman–Crippen LogP) is 3.10. The van der Waals surface area contributed by atoms with Crippen LogP contribution < -0.4 is 10.2 Å². The molecular weight excluding hydrogens is 343 g/mol. The third-order valence-electron chi connectivity index (χ3n) is 5.54. The number of fused-ring (bicyclic) bond motifs is 1. The second kappa shape index (κ2) is 7.14. The maximum atomic E-state index is 13.6. The molecule has 2 aromatic carbocycles. The lowest BCUT2D eigenvalue weighted by Gasteiger charge is -2.23. The Hall–Kier alpha value is -2.69. The van der Waals surface area contributed by atoms with Gasteiger partial charge in [-0.25, -0.2) is 4.39 Å². The van der Waals surface area contributed by atoms with Crippen molar-refractivity contribution in [3.05, 3.63) is 65.5 Å². The first-order chi connectivity index (χ1) is 13.1. The van der Waals surface area contributed by atoms with E-state index in [9.17, 15) is 14.0 Å². The maximum Gasteiger partial charge on any atom is 0.231 e. The van der Waals surface area contributed by atoms with E-state index in [4.69, 9.17) is 0 Å². The lowest BCUT2D eigenvalue weighted by atomic mass is 10.1. The number of anilines is 1. The van der Waals surface area contributed by atoms with E-state index in [-0.39, 0.29) is 35.5 Å². The number of benzene rings is 2. The molecule has 4 rings (SSSR count). The smallest absolute Gasteiger partial charge is 0.231 e. The minimum absolute atomic E-state index is 0.0432. The van der Waals surface area contributed by atoms with Crippen molar-refractivity contribution in [2.24, 2.45) is 11.8 Å². The van der Waals surface area contributed by atoms with Gasteiger partial charge in [0.2, 0.25) is 11.8 Å².